The van der Waals surface area contributed by atoms with Crippen molar-refractivity contribution in [1.82, 2.24) is 15.1 Å². The van der Waals surface area contributed by atoms with E-state index in [9.17, 15) is 0 Å². The van der Waals surface area contributed by atoms with Crippen molar-refractivity contribution >= 4 is 0 Å². The standard InChI is InChI=1S/C15H31N3O/c1-12(2)16-9-14-5-6-15(19-14)11-18-8-7-17(4)13(3)10-18/h12-16H,5-11H2,1-4H3. The molecule has 19 heavy (non-hydrogen) atoms. The van der Waals surface area contributed by atoms with Crippen molar-refractivity contribution in [1.29, 1.82) is 0 Å². The molecule has 0 radical (unpaired) electrons. The van der Waals surface area contributed by atoms with Gasteiger partial charge in [0.1, 0.15) is 0 Å². The molecule has 0 bridgehead atoms. The summed E-state index contributed by atoms with van der Waals surface area (Å²) in [6.45, 7) is 12.4. The first-order chi connectivity index (χ1) is 9.04. The van der Waals surface area contributed by atoms with Gasteiger partial charge in [-0.3, -0.25) is 4.90 Å². The lowest BCUT2D eigenvalue weighted by Crippen LogP contribution is -2.51. The fraction of sp³-hybridized carbons (Fsp3) is 1.00. The minimum absolute atomic E-state index is 0.428. The van der Waals surface area contributed by atoms with Crippen LogP contribution in [0.15, 0.2) is 0 Å². The Morgan fingerprint density at radius 2 is 1.95 bits per heavy atom. The number of likely N-dealkylation sites (N-methyl/N-ethyl adjacent to an activating group) is 1. The van der Waals surface area contributed by atoms with E-state index in [2.05, 4.69) is 42.9 Å². The van der Waals surface area contributed by atoms with Crippen LogP contribution in [0.4, 0.5) is 0 Å². The van der Waals surface area contributed by atoms with Crippen LogP contribution in [-0.2, 0) is 4.74 Å². The lowest BCUT2D eigenvalue weighted by molar-refractivity contribution is 0.00659. The summed E-state index contributed by atoms with van der Waals surface area (Å²) in [4.78, 5) is 5.02. The molecule has 2 heterocycles. The Morgan fingerprint density at radius 1 is 1.21 bits per heavy atom. The second-order valence-electron chi connectivity index (χ2n) is 6.61. The molecule has 0 aromatic rings. The summed E-state index contributed by atoms with van der Waals surface area (Å²) in [7, 11) is 2.22. The minimum atomic E-state index is 0.428. The molecule has 1 N–H and O–H groups in total. The number of nitrogens with zero attached hydrogens (tertiary/aromatic N) is 2. The average molecular weight is 269 g/mol. The SMILES string of the molecule is CC(C)NCC1CCC(CN2CCN(C)C(C)C2)O1. The van der Waals surface area contributed by atoms with Crippen molar-refractivity contribution in [2.24, 2.45) is 0 Å². The summed E-state index contributed by atoms with van der Waals surface area (Å²) in [5.41, 5.74) is 0. The van der Waals surface area contributed by atoms with Crippen molar-refractivity contribution in [2.45, 2.75) is 57.9 Å². The lowest BCUT2D eigenvalue weighted by atomic mass is 10.1. The molecule has 3 unspecified atom stereocenters. The summed E-state index contributed by atoms with van der Waals surface area (Å²) in [6.07, 6.45) is 3.32. The van der Waals surface area contributed by atoms with Gasteiger partial charge in [0.15, 0.2) is 0 Å². The molecule has 0 spiro atoms. The molecule has 4 heteroatoms. The van der Waals surface area contributed by atoms with Gasteiger partial charge >= 0.3 is 0 Å². The third kappa shape index (κ3) is 4.71. The van der Waals surface area contributed by atoms with Crippen LogP contribution in [0.25, 0.3) is 0 Å². The molecule has 2 fully saturated rings. The van der Waals surface area contributed by atoms with E-state index in [1.807, 2.05) is 0 Å². The molecule has 4 nitrogen and oxygen atoms in total. The zero-order chi connectivity index (χ0) is 13.8. The number of nitrogens with one attached hydrogen (secondary N) is 1. The Bertz CT molecular complexity index is 272. The van der Waals surface area contributed by atoms with E-state index in [0.717, 1.165) is 13.1 Å². The first-order valence-corrected chi connectivity index (χ1v) is 7.86. The van der Waals surface area contributed by atoms with Crippen LogP contribution in [-0.4, -0.2) is 73.9 Å². The molecule has 0 amide bonds. The quantitative estimate of drug-likeness (QED) is 0.811. The van der Waals surface area contributed by atoms with E-state index in [0.29, 0.717) is 24.3 Å². The van der Waals surface area contributed by atoms with Gasteiger partial charge in [-0.15, -0.1) is 0 Å². The van der Waals surface area contributed by atoms with Crippen molar-refractivity contribution in [3.63, 3.8) is 0 Å². The topological polar surface area (TPSA) is 27.7 Å². The third-order valence-corrected chi connectivity index (χ3v) is 4.45. The lowest BCUT2D eigenvalue weighted by Gasteiger charge is -2.38. The zero-order valence-electron chi connectivity index (χ0n) is 13.1. The van der Waals surface area contributed by atoms with Crippen LogP contribution < -0.4 is 5.32 Å². The highest BCUT2D eigenvalue weighted by Crippen LogP contribution is 2.21. The summed E-state index contributed by atoms with van der Waals surface area (Å²) in [5.74, 6) is 0. The van der Waals surface area contributed by atoms with Gasteiger partial charge in [-0.1, -0.05) is 13.8 Å². The summed E-state index contributed by atoms with van der Waals surface area (Å²) >= 11 is 0. The molecule has 2 rings (SSSR count). The van der Waals surface area contributed by atoms with E-state index in [1.54, 1.807) is 0 Å². The van der Waals surface area contributed by atoms with Crippen molar-refractivity contribution in [3.8, 4) is 0 Å². The Balaban J connectivity index is 1.67. The maximum absolute atomic E-state index is 6.16. The molecule has 0 aromatic heterocycles. The van der Waals surface area contributed by atoms with Crippen LogP contribution in [0.1, 0.15) is 33.6 Å². The van der Waals surface area contributed by atoms with Gasteiger partial charge in [-0.2, -0.15) is 0 Å². The van der Waals surface area contributed by atoms with Crippen LogP contribution in [0.2, 0.25) is 0 Å². The highest BCUT2D eigenvalue weighted by molar-refractivity contribution is 4.82. The van der Waals surface area contributed by atoms with E-state index in [4.69, 9.17) is 4.74 Å². The highest BCUT2D eigenvalue weighted by atomic mass is 16.5. The number of piperazine rings is 1. The fourth-order valence-corrected chi connectivity index (χ4v) is 3.01. The molecule has 112 valence electrons. The molecule has 2 aliphatic rings. The first-order valence-electron chi connectivity index (χ1n) is 7.86. The molecule has 3 atom stereocenters. The smallest absolute Gasteiger partial charge is 0.0707 e. The number of rotatable bonds is 5. The van der Waals surface area contributed by atoms with Crippen LogP contribution in [0.5, 0.6) is 0 Å². The minimum Gasteiger partial charge on any atom is -0.372 e. The van der Waals surface area contributed by atoms with Gasteiger partial charge in [-0.05, 0) is 26.8 Å². The Hall–Kier alpha value is -0.160. The summed E-state index contributed by atoms with van der Waals surface area (Å²) in [5, 5.41) is 3.48. The largest absolute Gasteiger partial charge is 0.372 e. The van der Waals surface area contributed by atoms with Crippen molar-refractivity contribution < 1.29 is 4.74 Å². The highest BCUT2D eigenvalue weighted by Gasteiger charge is 2.29. The van der Waals surface area contributed by atoms with Crippen LogP contribution in [0, 0.1) is 0 Å². The third-order valence-electron chi connectivity index (χ3n) is 4.45. The van der Waals surface area contributed by atoms with Gasteiger partial charge in [0, 0.05) is 44.8 Å². The molecule has 0 aliphatic carbocycles. The zero-order valence-corrected chi connectivity index (χ0v) is 13.1. The van der Waals surface area contributed by atoms with E-state index in [1.165, 1.54) is 32.5 Å². The first kappa shape index (κ1) is 15.2. The average Bonchev–Trinajstić information content (AvgIpc) is 2.79. The van der Waals surface area contributed by atoms with Crippen molar-refractivity contribution in [3.05, 3.63) is 0 Å². The maximum atomic E-state index is 6.16. The second-order valence-corrected chi connectivity index (χ2v) is 6.61. The predicted molar refractivity (Wildman–Crippen MR) is 79.6 cm³/mol. The van der Waals surface area contributed by atoms with Crippen LogP contribution >= 0.6 is 0 Å². The molecule has 0 saturated carbocycles. The fourth-order valence-electron chi connectivity index (χ4n) is 3.01. The molecular weight excluding hydrogens is 238 g/mol. The van der Waals surface area contributed by atoms with Crippen molar-refractivity contribution in [2.75, 3.05) is 39.8 Å². The Labute approximate surface area is 118 Å². The number of hydrogen-bond acceptors (Lipinski definition) is 4. The molecule has 2 aliphatic heterocycles. The molecular formula is C15H31N3O. The monoisotopic (exact) mass is 269 g/mol. The Morgan fingerprint density at radius 3 is 2.63 bits per heavy atom. The van der Waals surface area contributed by atoms with E-state index < -0.39 is 0 Å². The van der Waals surface area contributed by atoms with Gasteiger partial charge in [0.25, 0.3) is 0 Å². The summed E-state index contributed by atoms with van der Waals surface area (Å²) in [6, 6.07) is 1.23. The number of hydrogen-bond donors (Lipinski definition) is 1. The summed E-state index contributed by atoms with van der Waals surface area (Å²) < 4.78 is 6.16. The van der Waals surface area contributed by atoms with Gasteiger partial charge in [0.2, 0.25) is 0 Å². The second kappa shape index (κ2) is 7.02. The van der Waals surface area contributed by atoms with E-state index >= 15 is 0 Å². The predicted octanol–water partition coefficient (Wildman–Crippen LogP) is 1.17. The van der Waals surface area contributed by atoms with E-state index in [-0.39, 0.29) is 0 Å². The van der Waals surface area contributed by atoms with Gasteiger partial charge in [-0.25, -0.2) is 0 Å². The maximum Gasteiger partial charge on any atom is 0.0707 e. The normalized spacial score (nSPS) is 34.3. The Kier molecular flexibility index (Phi) is 5.63. The number of ether oxygens (including phenoxy) is 1. The van der Waals surface area contributed by atoms with Crippen LogP contribution in [0.3, 0.4) is 0 Å². The molecule has 0 aromatic carbocycles. The van der Waals surface area contributed by atoms with Gasteiger partial charge < -0.3 is 15.0 Å². The molecule has 2 saturated heterocycles. The van der Waals surface area contributed by atoms with Gasteiger partial charge in [0.05, 0.1) is 12.2 Å².